The van der Waals surface area contributed by atoms with Crippen LogP contribution >= 0.6 is 0 Å². The summed E-state index contributed by atoms with van der Waals surface area (Å²) < 4.78 is 0. The molecule has 1 spiro atoms. The molecule has 71 heavy (non-hydrogen) atoms. The van der Waals surface area contributed by atoms with Crippen LogP contribution in [-0.2, 0) is 5.41 Å². The zero-order valence-electron chi connectivity index (χ0n) is 39.0. The second-order valence-electron chi connectivity index (χ2n) is 18.8. The van der Waals surface area contributed by atoms with Gasteiger partial charge in [-0.2, -0.15) is 0 Å². The summed E-state index contributed by atoms with van der Waals surface area (Å²) in [6.45, 7) is 0. The summed E-state index contributed by atoms with van der Waals surface area (Å²) in [5.74, 6) is 0. The lowest BCUT2D eigenvalue weighted by Gasteiger charge is -2.34. The molecule has 0 aromatic heterocycles. The van der Waals surface area contributed by atoms with Crippen LogP contribution in [0.25, 0.3) is 66.1 Å². The van der Waals surface area contributed by atoms with Gasteiger partial charge in [0.1, 0.15) is 0 Å². The molecule has 0 N–H and O–H groups in total. The second kappa shape index (κ2) is 16.5. The van der Waals surface area contributed by atoms with Crippen LogP contribution in [0, 0.1) is 0 Å². The summed E-state index contributed by atoms with van der Waals surface area (Å²) in [7, 11) is 0. The Bertz CT molecular complexity index is 3980. The van der Waals surface area contributed by atoms with Gasteiger partial charge in [0.05, 0.1) is 11.1 Å². The SMILES string of the molecule is c1ccc(-c2ccc(N(c3ccccc3)c3ccc4c(c3)C3(c5ccccc5-4)c4ccccc4-c4ccc(N(c5ccccc5)c5ccc6ccccc6c5-c5ccc6ccccc6c5)cc43)cc2)cc1. The number of para-hydroxylation sites is 2. The molecule has 0 saturated heterocycles. The number of hydrogen-bond donors (Lipinski definition) is 0. The first kappa shape index (κ1) is 40.8. The highest BCUT2D eigenvalue weighted by molar-refractivity contribution is 6.07. The molecule has 2 nitrogen and oxygen atoms in total. The summed E-state index contributed by atoms with van der Waals surface area (Å²) in [6.07, 6.45) is 0. The molecular weight excluding hydrogens is 857 g/mol. The van der Waals surface area contributed by atoms with Crippen molar-refractivity contribution in [2.75, 3.05) is 9.80 Å². The highest BCUT2D eigenvalue weighted by atomic mass is 15.1. The molecule has 0 radical (unpaired) electrons. The van der Waals surface area contributed by atoms with Crippen LogP contribution in [-0.4, -0.2) is 0 Å². The van der Waals surface area contributed by atoms with E-state index in [0.717, 1.165) is 34.1 Å². The molecule has 2 aliphatic carbocycles. The normalized spacial score (nSPS) is 14.0. The fourth-order valence-corrected chi connectivity index (χ4v) is 12.0. The van der Waals surface area contributed by atoms with E-state index in [2.05, 4.69) is 289 Å². The third kappa shape index (κ3) is 6.42. The Morgan fingerprint density at radius 2 is 0.676 bits per heavy atom. The van der Waals surface area contributed by atoms with Crippen molar-refractivity contribution in [1.82, 2.24) is 0 Å². The maximum Gasteiger partial charge on any atom is 0.0727 e. The fraction of sp³-hybridized carbons (Fsp3) is 0.0145. The zero-order valence-corrected chi connectivity index (χ0v) is 39.0. The predicted molar refractivity (Wildman–Crippen MR) is 298 cm³/mol. The number of anilines is 6. The molecule has 0 saturated carbocycles. The smallest absolute Gasteiger partial charge is 0.0727 e. The van der Waals surface area contributed by atoms with Gasteiger partial charge in [0, 0.05) is 34.0 Å². The minimum absolute atomic E-state index is 0.601. The molecule has 0 bridgehead atoms. The summed E-state index contributed by atoms with van der Waals surface area (Å²) in [5.41, 5.74) is 21.1. The monoisotopic (exact) mass is 902 g/mol. The summed E-state index contributed by atoms with van der Waals surface area (Å²) in [5, 5.41) is 4.88. The van der Waals surface area contributed by atoms with E-state index in [4.69, 9.17) is 0 Å². The zero-order chi connectivity index (χ0) is 46.9. The summed E-state index contributed by atoms with van der Waals surface area (Å²) >= 11 is 0. The first-order valence-electron chi connectivity index (χ1n) is 24.6. The molecule has 0 amide bonds. The summed E-state index contributed by atoms with van der Waals surface area (Å²) in [6, 6.07) is 103. The molecule has 0 heterocycles. The molecule has 2 heteroatoms. The van der Waals surface area contributed by atoms with Crippen molar-refractivity contribution < 1.29 is 0 Å². The fourth-order valence-electron chi connectivity index (χ4n) is 12.0. The Morgan fingerprint density at radius 1 is 0.239 bits per heavy atom. The minimum Gasteiger partial charge on any atom is -0.310 e. The van der Waals surface area contributed by atoms with Crippen molar-refractivity contribution in [3.63, 3.8) is 0 Å². The average molecular weight is 903 g/mol. The van der Waals surface area contributed by atoms with Gasteiger partial charge in [-0.3, -0.25) is 0 Å². The molecule has 12 aromatic rings. The Morgan fingerprint density at radius 3 is 1.32 bits per heavy atom. The third-order valence-electron chi connectivity index (χ3n) is 15.0. The molecule has 332 valence electrons. The second-order valence-corrected chi connectivity index (χ2v) is 18.8. The molecule has 2 aliphatic rings. The molecule has 14 rings (SSSR count). The largest absolute Gasteiger partial charge is 0.310 e. The van der Waals surface area contributed by atoms with Crippen molar-refractivity contribution in [2.24, 2.45) is 0 Å². The maximum atomic E-state index is 2.51. The number of fused-ring (bicyclic) bond motifs is 12. The molecule has 0 aliphatic heterocycles. The van der Waals surface area contributed by atoms with E-state index in [1.807, 2.05) is 0 Å². The van der Waals surface area contributed by atoms with Gasteiger partial charge < -0.3 is 9.80 Å². The predicted octanol–water partition coefficient (Wildman–Crippen LogP) is 18.6. The number of rotatable bonds is 8. The first-order chi connectivity index (χ1) is 35.2. The Labute approximate surface area is 414 Å². The van der Waals surface area contributed by atoms with Crippen LogP contribution in [0.3, 0.4) is 0 Å². The maximum absolute atomic E-state index is 2.51. The van der Waals surface area contributed by atoms with Crippen LogP contribution in [0.4, 0.5) is 34.1 Å². The summed E-state index contributed by atoms with van der Waals surface area (Å²) in [4.78, 5) is 4.90. The van der Waals surface area contributed by atoms with E-state index in [9.17, 15) is 0 Å². The van der Waals surface area contributed by atoms with E-state index < -0.39 is 5.41 Å². The van der Waals surface area contributed by atoms with Gasteiger partial charge in [0.2, 0.25) is 0 Å². The lowest BCUT2D eigenvalue weighted by Crippen LogP contribution is -2.26. The van der Waals surface area contributed by atoms with Gasteiger partial charge >= 0.3 is 0 Å². The van der Waals surface area contributed by atoms with E-state index in [-0.39, 0.29) is 0 Å². The van der Waals surface area contributed by atoms with Crippen molar-refractivity contribution >= 4 is 55.7 Å². The molecule has 1 atom stereocenters. The van der Waals surface area contributed by atoms with Crippen molar-refractivity contribution in [2.45, 2.75) is 5.41 Å². The van der Waals surface area contributed by atoms with Crippen molar-refractivity contribution in [3.8, 4) is 44.5 Å². The van der Waals surface area contributed by atoms with E-state index in [1.165, 1.54) is 88.3 Å². The molecular formula is C69H46N2. The standard InChI is InChI=1S/C69H46N2/c1-4-18-47(19-5-1)49-34-37-55(38-35-49)70(53-23-6-2-7-24-53)56-39-41-61-59-28-14-16-30-63(59)69(65(61)45-56)64-31-17-15-29-60(64)62-42-40-57(46-66(62)69)71(54-25-8-3-9-26-54)67-43-36-50-21-12-13-27-58(50)68(67)52-33-32-48-20-10-11-22-51(48)44-52/h1-46H. The highest BCUT2D eigenvalue weighted by Crippen LogP contribution is 2.64. The first-order valence-corrected chi connectivity index (χ1v) is 24.6. The molecule has 12 aromatic carbocycles. The Kier molecular flexibility index (Phi) is 9.47. The van der Waals surface area contributed by atoms with Gasteiger partial charge in [-0.25, -0.2) is 0 Å². The highest BCUT2D eigenvalue weighted by Gasteiger charge is 2.52. The van der Waals surface area contributed by atoms with Gasteiger partial charge in [0.15, 0.2) is 0 Å². The van der Waals surface area contributed by atoms with Crippen LogP contribution in [0.1, 0.15) is 22.3 Å². The lowest BCUT2D eigenvalue weighted by molar-refractivity contribution is 0.793. The average Bonchev–Trinajstić information content (AvgIpc) is 3.91. The van der Waals surface area contributed by atoms with Crippen molar-refractivity contribution in [1.29, 1.82) is 0 Å². The van der Waals surface area contributed by atoms with Crippen LogP contribution in [0.15, 0.2) is 279 Å². The molecule has 0 fully saturated rings. The Hall–Kier alpha value is -9.24. The quantitative estimate of drug-likeness (QED) is 0.150. The van der Waals surface area contributed by atoms with Crippen LogP contribution < -0.4 is 9.80 Å². The number of benzene rings is 12. The van der Waals surface area contributed by atoms with Crippen molar-refractivity contribution in [3.05, 3.63) is 301 Å². The van der Waals surface area contributed by atoms with Gasteiger partial charge in [-0.1, -0.05) is 206 Å². The van der Waals surface area contributed by atoms with Gasteiger partial charge in [0.25, 0.3) is 0 Å². The van der Waals surface area contributed by atoms with Gasteiger partial charge in [-0.05, 0) is 156 Å². The lowest BCUT2D eigenvalue weighted by atomic mass is 9.70. The molecule has 1 unspecified atom stereocenters. The van der Waals surface area contributed by atoms with Gasteiger partial charge in [-0.15, -0.1) is 0 Å². The van der Waals surface area contributed by atoms with E-state index in [1.54, 1.807) is 0 Å². The minimum atomic E-state index is -0.601. The van der Waals surface area contributed by atoms with Crippen LogP contribution in [0.5, 0.6) is 0 Å². The van der Waals surface area contributed by atoms with E-state index >= 15 is 0 Å². The van der Waals surface area contributed by atoms with Crippen LogP contribution in [0.2, 0.25) is 0 Å². The topological polar surface area (TPSA) is 6.48 Å². The third-order valence-corrected chi connectivity index (χ3v) is 15.0. The Balaban J connectivity index is 1.00. The number of nitrogens with zero attached hydrogens (tertiary/aromatic N) is 2. The number of hydrogen-bond acceptors (Lipinski definition) is 2. The van der Waals surface area contributed by atoms with E-state index in [0.29, 0.717) is 0 Å².